The largest absolute Gasteiger partial charge is 0.489 e. The minimum atomic E-state index is -0.879. The van der Waals surface area contributed by atoms with Crippen LogP contribution in [0.4, 0.5) is 0 Å². The lowest BCUT2D eigenvalue weighted by Crippen LogP contribution is -2.32. The van der Waals surface area contributed by atoms with Crippen LogP contribution >= 0.6 is 0 Å². The first kappa shape index (κ1) is 18.5. The predicted molar refractivity (Wildman–Crippen MR) is 95.6 cm³/mol. The van der Waals surface area contributed by atoms with Crippen molar-refractivity contribution < 1.29 is 19.4 Å². The highest BCUT2D eigenvalue weighted by atomic mass is 16.5. The van der Waals surface area contributed by atoms with Gasteiger partial charge < -0.3 is 15.2 Å². The number of carboxylic acids is 1. The van der Waals surface area contributed by atoms with Crippen LogP contribution in [-0.4, -0.2) is 23.5 Å². The third-order valence-corrected chi connectivity index (χ3v) is 3.86. The van der Waals surface area contributed by atoms with E-state index in [-0.39, 0.29) is 12.5 Å². The van der Waals surface area contributed by atoms with Crippen LogP contribution in [0.3, 0.4) is 0 Å². The van der Waals surface area contributed by atoms with Crippen molar-refractivity contribution in [2.75, 3.05) is 6.54 Å². The maximum Gasteiger partial charge on any atom is 0.308 e. The molecule has 0 bridgehead atoms. The molecule has 5 heteroatoms. The zero-order valence-electron chi connectivity index (χ0n) is 14.3. The number of amides is 1. The van der Waals surface area contributed by atoms with Crippen LogP contribution in [0.2, 0.25) is 0 Å². The molecule has 0 radical (unpaired) electrons. The fraction of sp³-hybridized carbons (Fsp3) is 0.300. The molecule has 1 unspecified atom stereocenters. The SMILES string of the molecule is CCCC(CNC(=O)c1ccc(COc2ccccc2)cc1)C(=O)O. The van der Waals surface area contributed by atoms with E-state index in [0.29, 0.717) is 18.6 Å². The Balaban J connectivity index is 1.86. The minimum Gasteiger partial charge on any atom is -0.489 e. The summed E-state index contributed by atoms with van der Waals surface area (Å²) in [5.74, 6) is -0.902. The van der Waals surface area contributed by atoms with Crippen molar-refractivity contribution >= 4 is 11.9 Å². The number of hydrogen-bond acceptors (Lipinski definition) is 3. The molecule has 0 aliphatic carbocycles. The van der Waals surface area contributed by atoms with Gasteiger partial charge in [-0.1, -0.05) is 43.7 Å². The van der Waals surface area contributed by atoms with E-state index in [2.05, 4.69) is 5.32 Å². The molecule has 0 saturated heterocycles. The van der Waals surface area contributed by atoms with Crippen LogP contribution in [0.1, 0.15) is 35.7 Å². The topological polar surface area (TPSA) is 75.6 Å². The second-order valence-electron chi connectivity index (χ2n) is 5.83. The standard InChI is InChI=1S/C20H23NO4/c1-2-6-17(20(23)24)13-21-19(22)16-11-9-15(10-12-16)14-25-18-7-4-3-5-8-18/h3-5,7-12,17H,2,6,13-14H2,1H3,(H,21,22)(H,23,24). The van der Waals surface area contributed by atoms with Crippen LogP contribution in [0.5, 0.6) is 5.75 Å². The van der Waals surface area contributed by atoms with E-state index in [4.69, 9.17) is 9.84 Å². The summed E-state index contributed by atoms with van der Waals surface area (Å²) in [6.07, 6.45) is 1.31. The van der Waals surface area contributed by atoms with Gasteiger partial charge in [-0.15, -0.1) is 0 Å². The van der Waals surface area contributed by atoms with E-state index in [1.54, 1.807) is 12.1 Å². The number of carbonyl (C=O) groups excluding carboxylic acids is 1. The summed E-state index contributed by atoms with van der Waals surface area (Å²) in [6, 6.07) is 16.6. The second kappa shape index (κ2) is 9.47. The summed E-state index contributed by atoms with van der Waals surface area (Å²) >= 11 is 0. The Morgan fingerprint density at radius 3 is 2.36 bits per heavy atom. The number of benzene rings is 2. The lowest BCUT2D eigenvalue weighted by atomic mass is 10.0. The fourth-order valence-corrected chi connectivity index (χ4v) is 2.42. The smallest absolute Gasteiger partial charge is 0.308 e. The monoisotopic (exact) mass is 341 g/mol. The molecule has 0 saturated carbocycles. The van der Waals surface area contributed by atoms with Gasteiger partial charge in [0.05, 0.1) is 5.92 Å². The van der Waals surface area contributed by atoms with Crippen molar-refractivity contribution in [3.63, 3.8) is 0 Å². The van der Waals surface area contributed by atoms with E-state index in [9.17, 15) is 9.59 Å². The van der Waals surface area contributed by atoms with E-state index in [1.165, 1.54) is 0 Å². The van der Waals surface area contributed by atoms with E-state index >= 15 is 0 Å². The van der Waals surface area contributed by atoms with E-state index < -0.39 is 11.9 Å². The van der Waals surface area contributed by atoms with Gasteiger partial charge in [0.15, 0.2) is 0 Å². The summed E-state index contributed by atoms with van der Waals surface area (Å²) < 4.78 is 5.66. The third kappa shape index (κ3) is 5.95. The van der Waals surface area contributed by atoms with Gasteiger partial charge in [0, 0.05) is 12.1 Å². The first-order chi connectivity index (χ1) is 12.1. The number of nitrogens with one attached hydrogen (secondary N) is 1. The number of carbonyl (C=O) groups is 2. The average molecular weight is 341 g/mol. The quantitative estimate of drug-likeness (QED) is 0.732. The normalized spacial score (nSPS) is 11.6. The highest BCUT2D eigenvalue weighted by Gasteiger charge is 2.17. The molecular formula is C20H23NO4. The Morgan fingerprint density at radius 2 is 1.76 bits per heavy atom. The lowest BCUT2D eigenvalue weighted by molar-refractivity contribution is -0.141. The van der Waals surface area contributed by atoms with Gasteiger partial charge in [0.1, 0.15) is 12.4 Å². The first-order valence-electron chi connectivity index (χ1n) is 8.38. The maximum atomic E-state index is 12.1. The van der Waals surface area contributed by atoms with Crippen LogP contribution in [0.25, 0.3) is 0 Å². The molecule has 2 rings (SSSR count). The molecule has 0 heterocycles. The molecular weight excluding hydrogens is 318 g/mol. The average Bonchev–Trinajstić information content (AvgIpc) is 2.64. The van der Waals surface area contributed by atoms with Crippen molar-refractivity contribution in [2.24, 2.45) is 5.92 Å². The molecule has 1 amide bonds. The maximum absolute atomic E-state index is 12.1. The van der Waals surface area contributed by atoms with Gasteiger partial charge in [-0.05, 0) is 36.2 Å². The van der Waals surface area contributed by atoms with Gasteiger partial charge in [0.25, 0.3) is 5.91 Å². The molecule has 5 nitrogen and oxygen atoms in total. The molecule has 1 atom stereocenters. The van der Waals surface area contributed by atoms with Crippen molar-refractivity contribution in [2.45, 2.75) is 26.4 Å². The molecule has 132 valence electrons. The Morgan fingerprint density at radius 1 is 1.08 bits per heavy atom. The van der Waals surface area contributed by atoms with Crippen molar-refractivity contribution in [1.82, 2.24) is 5.32 Å². The number of hydrogen-bond donors (Lipinski definition) is 2. The van der Waals surface area contributed by atoms with Crippen molar-refractivity contribution in [3.05, 3.63) is 65.7 Å². The molecule has 2 aromatic carbocycles. The fourth-order valence-electron chi connectivity index (χ4n) is 2.42. The second-order valence-corrected chi connectivity index (χ2v) is 5.83. The number of para-hydroxylation sites is 1. The van der Waals surface area contributed by atoms with Gasteiger partial charge in [-0.3, -0.25) is 9.59 Å². The van der Waals surface area contributed by atoms with Gasteiger partial charge >= 0.3 is 5.97 Å². The summed E-state index contributed by atoms with van der Waals surface area (Å²) in [5.41, 5.74) is 1.46. The molecule has 0 aliphatic heterocycles. The van der Waals surface area contributed by atoms with Crippen LogP contribution in [0.15, 0.2) is 54.6 Å². The summed E-state index contributed by atoms with van der Waals surface area (Å²) in [7, 11) is 0. The predicted octanol–water partition coefficient (Wildman–Crippen LogP) is 3.50. The summed E-state index contributed by atoms with van der Waals surface area (Å²) in [6.45, 7) is 2.48. The number of aliphatic carboxylic acids is 1. The van der Waals surface area contributed by atoms with Crippen molar-refractivity contribution in [1.29, 1.82) is 0 Å². The van der Waals surface area contributed by atoms with Crippen LogP contribution < -0.4 is 10.1 Å². The van der Waals surface area contributed by atoms with E-state index in [0.717, 1.165) is 17.7 Å². The molecule has 0 aromatic heterocycles. The zero-order valence-corrected chi connectivity index (χ0v) is 14.3. The molecule has 0 spiro atoms. The molecule has 0 aliphatic rings. The Hall–Kier alpha value is -2.82. The van der Waals surface area contributed by atoms with Crippen molar-refractivity contribution in [3.8, 4) is 5.75 Å². The molecule has 2 N–H and O–H groups in total. The Bertz CT molecular complexity index is 683. The molecule has 25 heavy (non-hydrogen) atoms. The molecule has 2 aromatic rings. The lowest BCUT2D eigenvalue weighted by Gasteiger charge is -2.12. The zero-order chi connectivity index (χ0) is 18.1. The van der Waals surface area contributed by atoms with Gasteiger partial charge in [-0.25, -0.2) is 0 Å². The highest BCUT2D eigenvalue weighted by Crippen LogP contribution is 2.12. The number of carboxylic acid groups (broad SMARTS) is 1. The van der Waals surface area contributed by atoms with E-state index in [1.807, 2.05) is 49.4 Å². The minimum absolute atomic E-state index is 0.140. The van der Waals surface area contributed by atoms with Gasteiger partial charge in [0.2, 0.25) is 0 Å². The van der Waals surface area contributed by atoms with Gasteiger partial charge in [-0.2, -0.15) is 0 Å². The Labute approximate surface area is 147 Å². The van der Waals surface area contributed by atoms with Crippen LogP contribution in [-0.2, 0) is 11.4 Å². The number of rotatable bonds is 9. The first-order valence-corrected chi connectivity index (χ1v) is 8.38. The Kier molecular flexibility index (Phi) is 7.01. The van der Waals surface area contributed by atoms with Crippen LogP contribution in [0, 0.1) is 5.92 Å². The highest BCUT2D eigenvalue weighted by molar-refractivity contribution is 5.94. The molecule has 0 fully saturated rings. The number of ether oxygens (including phenoxy) is 1. The summed E-state index contributed by atoms with van der Waals surface area (Å²) in [4.78, 5) is 23.2. The summed E-state index contributed by atoms with van der Waals surface area (Å²) in [5, 5.41) is 11.8. The third-order valence-electron chi connectivity index (χ3n) is 3.86.